The average Bonchev–Trinajstić information content (AvgIpc) is 3.45. The number of rotatable bonds is 5. The highest BCUT2D eigenvalue weighted by Crippen LogP contribution is 2.40. The lowest BCUT2D eigenvalue weighted by atomic mass is 9.88. The molecule has 5 heterocycles. The van der Waals surface area contributed by atoms with Gasteiger partial charge in [-0.05, 0) is 64.1 Å². The van der Waals surface area contributed by atoms with Gasteiger partial charge in [0.2, 0.25) is 0 Å². The second-order valence-corrected chi connectivity index (χ2v) is 11.4. The van der Waals surface area contributed by atoms with Gasteiger partial charge in [-0.2, -0.15) is 0 Å². The van der Waals surface area contributed by atoms with Crippen LogP contribution in [0.2, 0.25) is 0 Å². The smallest absolute Gasteiger partial charge is 0.267 e. The van der Waals surface area contributed by atoms with Gasteiger partial charge in [-0.15, -0.1) is 5.10 Å². The van der Waals surface area contributed by atoms with Crippen LogP contribution >= 0.6 is 0 Å². The Labute approximate surface area is 219 Å². The minimum absolute atomic E-state index is 0.348. The third-order valence-electron chi connectivity index (χ3n) is 8.32. The highest BCUT2D eigenvalue weighted by molar-refractivity contribution is 5.96. The number of aliphatic imine (C=N–C) groups is 2. The second-order valence-electron chi connectivity index (χ2n) is 11.4. The minimum atomic E-state index is 0.348. The van der Waals surface area contributed by atoms with Gasteiger partial charge in [0.15, 0.2) is 5.82 Å². The molecule has 2 aliphatic heterocycles. The molecule has 3 aromatic heterocycles. The van der Waals surface area contributed by atoms with Crippen molar-refractivity contribution in [3.05, 3.63) is 36.3 Å². The summed E-state index contributed by atoms with van der Waals surface area (Å²) < 4.78 is 1.90. The van der Waals surface area contributed by atoms with Gasteiger partial charge >= 0.3 is 0 Å². The Bertz CT molecular complexity index is 1340. The Morgan fingerprint density at radius 1 is 1.05 bits per heavy atom. The van der Waals surface area contributed by atoms with Crippen molar-refractivity contribution in [1.29, 1.82) is 0 Å². The molecule has 0 amide bonds. The maximum atomic E-state index is 4.85. The Balaban J connectivity index is 1.18. The molecule has 3 aromatic rings. The maximum absolute atomic E-state index is 4.85. The van der Waals surface area contributed by atoms with Crippen LogP contribution in [0, 0.1) is 5.92 Å². The van der Waals surface area contributed by atoms with E-state index in [-0.39, 0.29) is 0 Å². The molecule has 0 spiro atoms. The molecule has 1 unspecified atom stereocenters. The van der Waals surface area contributed by atoms with E-state index in [4.69, 9.17) is 20.1 Å². The van der Waals surface area contributed by atoms with Crippen LogP contribution in [0.4, 0.5) is 11.8 Å². The zero-order chi connectivity index (χ0) is 25.5. The van der Waals surface area contributed by atoms with Crippen molar-refractivity contribution >= 4 is 28.7 Å². The predicted octanol–water partition coefficient (Wildman–Crippen LogP) is 5.29. The number of hydrogen-bond acceptors (Lipinski definition) is 7. The van der Waals surface area contributed by atoms with E-state index in [2.05, 4.69) is 54.7 Å². The van der Waals surface area contributed by atoms with E-state index in [0.717, 1.165) is 41.7 Å². The second kappa shape index (κ2) is 10.1. The first kappa shape index (κ1) is 24.4. The van der Waals surface area contributed by atoms with Gasteiger partial charge in [0.05, 0.1) is 11.7 Å². The molecule has 0 aromatic carbocycles. The third kappa shape index (κ3) is 4.97. The molecule has 3 aliphatic rings. The summed E-state index contributed by atoms with van der Waals surface area (Å²) in [5.74, 6) is 2.37. The van der Waals surface area contributed by atoms with Crippen molar-refractivity contribution in [2.45, 2.75) is 64.8 Å². The standard InChI is InChI=1S/C29H38N8/c1-19(2)15-25-20(3)32-28-26(25)16-21(17-30-28)24-9-10-37-27(24)18-31-29(34-37)33-22-5-7-23(8-6-22)36-13-11-35(4)12-14-36/h9-10,16-19,23,25H,5-8,11-15H2,1-4H3. The fourth-order valence-corrected chi connectivity index (χ4v) is 6.14. The van der Waals surface area contributed by atoms with Crippen LogP contribution in [0.5, 0.6) is 0 Å². The molecule has 0 bridgehead atoms. The number of likely N-dealkylation sites (N-methyl/N-ethyl adjacent to an activating group) is 1. The van der Waals surface area contributed by atoms with Gasteiger partial charge in [0.1, 0.15) is 0 Å². The fraction of sp³-hybridized carbons (Fsp3) is 0.552. The Morgan fingerprint density at radius 3 is 2.59 bits per heavy atom. The van der Waals surface area contributed by atoms with Crippen molar-refractivity contribution < 1.29 is 0 Å². The Kier molecular flexibility index (Phi) is 6.63. The van der Waals surface area contributed by atoms with E-state index in [0.29, 0.717) is 23.8 Å². The van der Waals surface area contributed by atoms with Crippen LogP contribution in [-0.4, -0.2) is 80.1 Å². The zero-order valence-electron chi connectivity index (χ0n) is 22.6. The molecule has 1 aliphatic carbocycles. The molecule has 6 rings (SSSR count). The first-order valence-corrected chi connectivity index (χ1v) is 13.8. The lowest BCUT2D eigenvalue weighted by Crippen LogP contribution is -2.49. The van der Waals surface area contributed by atoms with Crippen LogP contribution in [0.25, 0.3) is 16.6 Å². The zero-order valence-corrected chi connectivity index (χ0v) is 22.6. The van der Waals surface area contributed by atoms with E-state index in [9.17, 15) is 0 Å². The monoisotopic (exact) mass is 498 g/mol. The van der Waals surface area contributed by atoms with Gasteiger partial charge in [-0.1, -0.05) is 13.8 Å². The van der Waals surface area contributed by atoms with Crippen molar-refractivity contribution in [3.63, 3.8) is 0 Å². The topological polar surface area (TPSA) is 74.3 Å². The summed E-state index contributed by atoms with van der Waals surface area (Å²) in [5, 5.41) is 4.73. The molecular formula is C29H38N8. The van der Waals surface area contributed by atoms with Crippen molar-refractivity contribution in [1.82, 2.24) is 29.4 Å². The summed E-state index contributed by atoms with van der Waals surface area (Å²) in [7, 11) is 2.22. The normalized spacial score (nSPS) is 23.1. The van der Waals surface area contributed by atoms with E-state index in [1.165, 1.54) is 56.0 Å². The van der Waals surface area contributed by atoms with Gasteiger partial charge < -0.3 is 4.90 Å². The quantitative estimate of drug-likeness (QED) is 0.478. The van der Waals surface area contributed by atoms with Crippen molar-refractivity contribution in [2.24, 2.45) is 15.9 Å². The van der Waals surface area contributed by atoms with Gasteiger partial charge in [0, 0.05) is 78.6 Å². The molecule has 0 N–H and O–H groups in total. The van der Waals surface area contributed by atoms with Gasteiger partial charge in [-0.3, -0.25) is 4.90 Å². The molecule has 8 heteroatoms. The van der Waals surface area contributed by atoms with E-state index in [1.54, 1.807) is 0 Å². The number of pyridine rings is 1. The highest BCUT2D eigenvalue weighted by atomic mass is 15.3. The van der Waals surface area contributed by atoms with E-state index >= 15 is 0 Å². The summed E-state index contributed by atoms with van der Waals surface area (Å²) in [6.45, 7) is 11.4. The fourth-order valence-electron chi connectivity index (χ4n) is 6.14. The van der Waals surface area contributed by atoms with Crippen LogP contribution < -0.4 is 0 Å². The molecule has 0 radical (unpaired) electrons. The molecule has 194 valence electrons. The molecule has 1 saturated carbocycles. The number of aromatic nitrogens is 4. The number of fused-ring (bicyclic) bond motifs is 2. The average molecular weight is 499 g/mol. The molecule has 2 fully saturated rings. The van der Waals surface area contributed by atoms with Crippen LogP contribution in [-0.2, 0) is 0 Å². The summed E-state index contributed by atoms with van der Waals surface area (Å²) in [5.41, 5.74) is 6.78. The van der Waals surface area contributed by atoms with Crippen molar-refractivity contribution in [2.75, 3.05) is 33.2 Å². The third-order valence-corrected chi connectivity index (χ3v) is 8.32. The largest absolute Gasteiger partial charge is 0.304 e. The first-order valence-electron chi connectivity index (χ1n) is 13.8. The van der Waals surface area contributed by atoms with Crippen molar-refractivity contribution in [3.8, 4) is 11.1 Å². The van der Waals surface area contributed by atoms with Gasteiger partial charge in [-0.25, -0.2) is 24.5 Å². The van der Waals surface area contributed by atoms with Crippen LogP contribution in [0.15, 0.2) is 40.7 Å². The summed E-state index contributed by atoms with van der Waals surface area (Å²) in [6.07, 6.45) is 11.4. The SMILES string of the molecule is CC1=Nc2ncc(-c3ccn4nc(N=C5CCC(N6CCN(C)CC6)CC5)ncc34)cc2C1CC(C)C. The molecule has 37 heavy (non-hydrogen) atoms. The lowest BCUT2D eigenvalue weighted by molar-refractivity contribution is 0.101. The van der Waals surface area contributed by atoms with E-state index in [1.807, 2.05) is 23.1 Å². The maximum Gasteiger partial charge on any atom is 0.267 e. The number of nitrogens with zero attached hydrogens (tertiary/aromatic N) is 8. The summed E-state index contributed by atoms with van der Waals surface area (Å²) in [4.78, 5) is 24.0. The highest BCUT2D eigenvalue weighted by Gasteiger charge is 2.28. The molecule has 8 nitrogen and oxygen atoms in total. The minimum Gasteiger partial charge on any atom is -0.304 e. The summed E-state index contributed by atoms with van der Waals surface area (Å²) >= 11 is 0. The van der Waals surface area contributed by atoms with Crippen LogP contribution in [0.3, 0.4) is 0 Å². The van der Waals surface area contributed by atoms with Gasteiger partial charge in [0.25, 0.3) is 5.95 Å². The Hall–Kier alpha value is -2.97. The number of hydrogen-bond donors (Lipinski definition) is 0. The number of piperazine rings is 1. The first-order chi connectivity index (χ1) is 17.9. The Morgan fingerprint density at radius 2 is 1.84 bits per heavy atom. The van der Waals surface area contributed by atoms with Crippen LogP contribution in [0.1, 0.15) is 64.4 Å². The predicted molar refractivity (Wildman–Crippen MR) is 150 cm³/mol. The molecular weight excluding hydrogens is 460 g/mol. The molecule has 1 atom stereocenters. The lowest BCUT2D eigenvalue weighted by Gasteiger charge is -2.39. The summed E-state index contributed by atoms with van der Waals surface area (Å²) in [6, 6.07) is 5.06. The van der Waals surface area contributed by atoms with E-state index < -0.39 is 0 Å². The molecule has 1 saturated heterocycles.